The van der Waals surface area contributed by atoms with Gasteiger partial charge in [-0.05, 0) is 5.56 Å². The Morgan fingerprint density at radius 3 is 2.89 bits per heavy atom. The summed E-state index contributed by atoms with van der Waals surface area (Å²) in [6.45, 7) is 2.40. The minimum absolute atomic E-state index is 0.249. The maximum absolute atomic E-state index is 10.7. The van der Waals surface area contributed by atoms with E-state index < -0.39 is 12.6 Å². The van der Waals surface area contributed by atoms with Gasteiger partial charge in [0.25, 0.3) is 0 Å². The molecule has 0 aromatic heterocycles. The van der Waals surface area contributed by atoms with E-state index in [4.69, 9.17) is 18.9 Å². The molecule has 18 heavy (non-hydrogen) atoms. The summed E-state index contributed by atoms with van der Waals surface area (Å²) in [5.41, 5.74) is 1.09. The fourth-order valence-electron chi connectivity index (χ4n) is 1.62. The van der Waals surface area contributed by atoms with E-state index in [-0.39, 0.29) is 12.6 Å². The van der Waals surface area contributed by atoms with E-state index in [2.05, 4.69) is 0 Å². The van der Waals surface area contributed by atoms with Gasteiger partial charge in [-0.2, -0.15) is 0 Å². The maximum Gasteiger partial charge on any atom is 0.305 e. The van der Waals surface area contributed by atoms with Crippen molar-refractivity contribution in [1.82, 2.24) is 0 Å². The summed E-state index contributed by atoms with van der Waals surface area (Å²) in [6, 6.07) is 9.84. The molecule has 1 aromatic carbocycles. The van der Waals surface area contributed by atoms with Crippen molar-refractivity contribution in [3.8, 4) is 0 Å². The highest BCUT2D eigenvalue weighted by Crippen LogP contribution is 2.13. The van der Waals surface area contributed by atoms with E-state index in [1.165, 1.54) is 6.92 Å². The first-order chi connectivity index (χ1) is 8.74. The van der Waals surface area contributed by atoms with Crippen LogP contribution in [0.1, 0.15) is 12.5 Å². The van der Waals surface area contributed by atoms with E-state index in [9.17, 15) is 4.79 Å². The molecule has 1 aliphatic rings. The van der Waals surface area contributed by atoms with Gasteiger partial charge >= 0.3 is 5.97 Å². The zero-order chi connectivity index (χ0) is 12.8. The van der Waals surface area contributed by atoms with Gasteiger partial charge < -0.3 is 18.9 Å². The molecule has 0 amide bonds. The van der Waals surface area contributed by atoms with Crippen LogP contribution < -0.4 is 0 Å². The summed E-state index contributed by atoms with van der Waals surface area (Å²) in [5, 5.41) is 0. The highest BCUT2D eigenvalue weighted by atomic mass is 16.8. The van der Waals surface area contributed by atoms with Crippen molar-refractivity contribution in [2.24, 2.45) is 0 Å². The van der Waals surface area contributed by atoms with Gasteiger partial charge in [0.1, 0.15) is 6.61 Å². The molecule has 0 aliphatic carbocycles. The third-order valence-corrected chi connectivity index (χ3v) is 2.38. The molecule has 0 unspecified atom stereocenters. The fourth-order valence-corrected chi connectivity index (χ4v) is 1.62. The van der Waals surface area contributed by atoms with E-state index in [0.29, 0.717) is 13.2 Å². The lowest BCUT2D eigenvalue weighted by Crippen LogP contribution is -2.21. The molecule has 0 bridgehead atoms. The predicted molar refractivity (Wildman–Crippen MR) is 62.5 cm³/mol. The summed E-state index contributed by atoms with van der Waals surface area (Å²) < 4.78 is 20.9. The van der Waals surface area contributed by atoms with Crippen molar-refractivity contribution in [3.05, 3.63) is 35.9 Å². The molecule has 1 fully saturated rings. The van der Waals surface area contributed by atoms with Crippen molar-refractivity contribution >= 4 is 5.97 Å². The second-order valence-corrected chi connectivity index (χ2v) is 3.94. The quantitative estimate of drug-likeness (QED) is 0.743. The Hall–Kier alpha value is -1.43. The molecule has 1 aromatic rings. The third-order valence-electron chi connectivity index (χ3n) is 2.38. The average molecular weight is 252 g/mol. The minimum atomic E-state index is -0.618. The van der Waals surface area contributed by atoms with Crippen molar-refractivity contribution in [3.63, 3.8) is 0 Å². The van der Waals surface area contributed by atoms with Crippen LogP contribution in [0.4, 0.5) is 0 Å². The largest absolute Gasteiger partial charge is 0.433 e. The standard InChI is InChI=1S/C13H16O5/c1-10(14)17-13-9-16-12(18-13)8-15-7-11-5-3-2-4-6-11/h2-6,12-13H,7-9H2,1H3/t12-,13-/m0/s1. The lowest BCUT2D eigenvalue weighted by molar-refractivity contribution is -0.180. The lowest BCUT2D eigenvalue weighted by Gasteiger charge is -2.11. The van der Waals surface area contributed by atoms with Crippen molar-refractivity contribution in [2.75, 3.05) is 13.2 Å². The van der Waals surface area contributed by atoms with Crippen LogP contribution in [0, 0.1) is 0 Å². The first-order valence-corrected chi connectivity index (χ1v) is 5.80. The first-order valence-electron chi connectivity index (χ1n) is 5.80. The molecule has 2 rings (SSSR count). The van der Waals surface area contributed by atoms with Crippen molar-refractivity contribution in [1.29, 1.82) is 0 Å². The van der Waals surface area contributed by atoms with Crippen molar-refractivity contribution in [2.45, 2.75) is 26.1 Å². The smallest absolute Gasteiger partial charge is 0.305 e. The number of esters is 1. The average Bonchev–Trinajstić information content (AvgIpc) is 2.77. The molecule has 0 saturated carbocycles. The van der Waals surface area contributed by atoms with Gasteiger partial charge in [0.05, 0.1) is 13.2 Å². The van der Waals surface area contributed by atoms with Crippen molar-refractivity contribution < 1.29 is 23.7 Å². The Morgan fingerprint density at radius 2 is 2.17 bits per heavy atom. The van der Waals surface area contributed by atoms with Gasteiger partial charge in [-0.25, -0.2) is 0 Å². The Bertz CT molecular complexity index is 378. The normalized spacial score (nSPS) is 22.9. The van der Waals surface area contributed by atoms with E-state index in [1.807, 2.05) is 30.3 Å². The molecule has 0 spiro atoms. The van der Waals surface area contributed by atoms with Crippen LogP contribution >= 0.6 is 0 Å². The van der Waals surface area contributed by atoms with Gasteiger partial charge in [-0.3, -0.25) is 4.79 Å². The number of hydrogen-bond donors (Lipinski definition) is 0. The molecule has 1 aliphatic heterocycles. The minimum Gasteiger partial charge on any atom is -0.433 e. The monoisotopic (exact) mass is 252 g/mol. The molecule has 5 heteroatoms. The summed E-state index contributed by atoms with van der Waals surface area (Å²) in [5.74, 6) is -0.380. The number of carbonyl (C=O) groups excluding carboxylic acids is 1. The predicted octanol–water partition coefficient (Wildman–Crippen LogP) is 1.47. The van der Waals surface area contributed by atoms with Gasteiger partial charge in [0, 0.05) is 6.92 Å². The number of rotatable bonds is 5. The Balaban J connectivity index is 1.65. The second-order valence-electron chi connectivity index (χ2n) is 3.94. The Morgan fingerprint density at radius 1 is 1.39 bits per heavy atom. The van der Waals surface area contributed by atoms with E-state index in [0.717, 1.165) is 5.56 Å². The second kappa shape index (κ2) is 6.49. The zero-order valence-electron chi connectivity index (χ0n) is 10.2. The molecular formula is C13H16O5. The third kappa shape index (κ3) is 4.10. The SMILES string of the molecule is CC(=O)O[C@@H]1CO[C@H](COCc2ccccc2)O1. The molecule has 0 N–H and O–H groups in total. The molecular weight excluding hydrogens is 236 g/mol. The van der Waals surface area contributed by atoms with Crippen LogP contribution in [-0.2, 0) is 30.3 Å². The highest BCUT2D eigenvalue weighted by molar-refractivity contribution is 5.66. The first kappa shape index (κ1) is 13.0. The van der Waals surface area contributed by atoms with Crippen LogP contribution in [0.2, 0.25) is 0 Å². The van der Waals surface area contributed by atoms with Crippen LogP contribution in [0.25, 0.3) is 0 Å². The van der Waals surface area contributed by atoms with Crippen LogP contribution in [0.3, 0.4) is 0 Å². The molecule has 2 atom stereocenters. The van der Waals surface area contributed by atoms with Gasteiger partial charge in [-0.15, -0.1) is 0 Å². The van der Waals surface area contributed by atoms with Gasteiger partial charge in [0.15, 0.2) is 6.29 Å². The number of benzene rings is 1. The molecule has 1 saturated heterocycles. The van der Waals surface area contributed by atoms with E-state index in [1.54, 1.807) is 0 Å². The highest BCUT2D eigenvalue weighted by Gasteiger charge is 2.28. The fraction of sp³-hybridized carbons (Fsp3) is 0.462. The van der Waals surface area contributed by atoms with Crippen LogP contribution in [0.5, 0.6) is 0 Å². The summed E-state index contributed by atoms with van der Waals surface area (Å²) >= 11 is 0. The Labute approximate surface area is 106 Å². The van der Waals surface area contributed by atoms with Gasteiger partial charge in [0.2, 0.25) is 6.29 Å². The summed E-state index contributed by atoms with van der Waals surface area (Å²) in [7, 11) is 0. The number of carbonyl (C=O) groups is 1. The zero-order valence-corrected chi connectivity index (χ0v) is 10.2. The Kier molecular flexibility index (Phi) is 4.69. The van der Waals surface area contributed by atoms with E-state index >= 15 is 0 Å². The maximum atomic E-state index is 10.7. The molecule has 98 valence electrons. The molecule has 0 radical (unpaired) electrons. The summed E-state index contributed by atoms with van der Waals surface area (Å²) in [4.78, 5) is 10.7. The van der Waals surface area contributed by atoms with Crippen LogP contribution in [-0.4, -0.2) is 31.8 Å². The number of ether oxygens (including phenoxy) is 4. The lowest BCUT2D eigenvalue weighted by atomic mass is 10.2. The summed E-state index contributed by atoms with van der Waals surface area (Å²) in [6.07, 6.45) is -1.09. The number of hydrogen-bond acceptors (Lipinski definition) is 5. The molecule has 5 nitrogen and oxygen atoms in total. The molecule has 1 heterocycles. The topological polar surface area (TPSA) is 54.0 Å². The van der Waals surface area contributed by atoms with Gasteiger partial charge in [-0.1, -0.05) is 30.3 Å². The van der Waals surface area contributed by atoms with Crippen LogP contribution in [0.15, 0.2) is 30.3 Å².